The van der Waals surface area contributed by atoms with Gasteiger partial charge in [-0.25, -0.2) is 0 Å². The minimum Gasteiger partial charge on any atom is -0.361 e. The Labute approximate surface area is 427 Å². The van der Waals surface area contributed by atoms with E-state index < -0.39 is 65.3 Å². The number of nitrogens with one attached hydrogen (secondary N) is 8. The van der Waals surface area contributed by atoms with Crippen molar-refractivity contribution in [2.45, 2.75) is 138 Å². The Morgan fingerprint density at radius 1 is 0.479 bits per heavy atom. The molecule has 1 aliphatic heterocycles. The van der Waals surface area contributed by atoms with Gasteiger partial charge in [-0.05, 0) is 79.8 Å². The molecular formula is C57H71N9O7. The van der Waals surface area contributed by atoms with Crippen molar-refractivity contribution in [2.24, 2.45) is 5.73 Å². The van der Waals surface area contributed by atoms with Crippen LogP contribution in [-0.2, 0) is 59.2 Å². The summed E-state index contributed by atoms with van der Waals surface area (Å²) in [6, 6.07) is 29.9. The highest BCUT2D eigenvalue weighted by molar-refractivity contribution is 5.99. The molecule has 1 spiro atoms. The number of nitrogens with two attached hydrogens (primary N) is 1. The predicted molar refractivity (Wildman–Crippen MR) is 280 cm³/mol. The fourth-order valence-corrected chi connectivity index (χ4v) is 9.86. The van der Waals surface area contributed by atoms with E-state index in [0.717, 1.165) is 33.2 Å². The summed E-state index contributed by atoms with van der Waals surface area (Å²) in [5.74, 6) is -3.62. The lowest BCUT2D eigenvalue weighted by Crippen LogP contribution is -2.64. The van der Waals surface area contributed by atoms with E-state index in [4.69, 9.17) is 5.73 Å². The second-order valence-corrected chi connectivity index (χ2v) is 19.5. The third kappa shape index (κ3) is 15.6. The minimum atomic E-state index is -1.36. The van der Waals surface area contributed by atoms with E-state index in [0.29, 0.717) is 77.3 Å². The number of benzene rings is 4. The number of unbranched alkanes of at least 4 members (excludes halogenated alkanes) is 1. The van der Waals surface area contributed by atoms with Gasteiger partial charge in [0.2, 0.25) is 41.4 Å². The molecule has 1 aromatic heterocycles. The van der Waals surface area contributed by atoms with Gasteiger partial charge in [0.15, 0.2) is 0 Å². The van der Waals surface area contributed by atoms with E-state index in [1.165, 1.54) is 0 Å². The number of aromatic nitrogens is 1. The van der Waals surface area contributed by atoms with Gasteiger partial charge < -0.3 is 47.9 Å². The molecule has 10 N–H and O–H groups in total. The first-order valence-electron chi connectivity index (χ1n) is 26.0. The third-order valence-electron chi connectivity index (χ3n) is 14.0. The molecule has 2 fully saturated rings. The highest BCUT2D eigenvalue weighted by Crippen LogP contribution is 2.31. The highest BCUT2D eigenvalue weighted by atomic mass is 16.2. The number of hydrogen-bond donors (Lipinski definition) is 9. The number of hydrogen-bond acceptors (Lipinski definition) is 8. The molecule has 16 nitrogen and oxygen atoms in total. The normalized spacial score (nSPS) is 22.3. The van der Waals surface area contributed by atoms with Crippen LogP contribution in [-0.4, -0.2) is 95.2 Å². The van der Waals surface area contributed by atoms with Gasteiger partial charge in [-0.2, -0.15) is 0 Å². The van der Waals surface area contributed by atoms with Crippen molar-refractivity contribution in [2.75, 3.05) is 13.1 Å². The Morgan fingerprint density at radius 2 is 0.986 bits per heavy atom. The molecule has 386 valence electrons. The molecule has 2 heterocycles. The van der Waals surface area contributed by atoms with Crippen LogP contribution < -0.4 is 43.0 Å². The molecule has 1 saturated heterocycles. The van der Waals surface area contributed by atoms with Crippen LogP contribution in [0.15, 0.2) is 121 Å². The highest BCUT2D eigenvalue weighted by Gasteiger charge is 2.45. The Bertz CT molecular complexity index is 2620. The van der Waals surface area contributed by atoms with Crippen molar-refractivity contribution < 1.29 is 33.6 Å². The maximum atomic E-state index is 14.9. The number of aromatic amines is 1. The smallest absolute Gasteiger partial charge is 0.246 e. The van der Waals surface area contributed by atoms with Crippen molar-refractivity contribution in [3.8, 4) is 0 Å². The molecule has 2 aliphatic rings. The summed E-state index contributed by atoms with van der Waals surface area (Å²) in [6.45, 7) is 0.694. The van der Waals surface area contributed by atoms with Crippen LogP contribution in [0.3, 0.4) is 0 Å². The molecular weight excluding hydrogens is 923 g/mol. The fourth-order valence-electron chi connectivity index (χ4n) is 9.86. The molecule has 5 atom stereocenters. The molecule has 1 aliphatic carbocycles. The average Bonchev–Trinajstić information content (AvgIpc) is 4.05. The van der Waals surface area contributed by atoms with E-state index in [1.807, 2.05) is 115 Å². The van der Waals surface area contributed by atoms with Gasteiger partial charge in [0, 0.05) is 55.7 Å². The molecule has 5 aromatic rings. The van der Waals surface area contributed by atoms with Crippen molar-refractivity contribution in [3.63, 3.8) is 0 Å². The van der Waals surface area contributed by atoms with Gasteiger partial charge in [-0.3, -0.25) is 33.6 Å². The van der Waals surface area contributed by atoms with E-state index in [-0.39, 0.29) is 50.3 Å². The predicted octanol–water partition coefficient (Wildman–Crippen LogP) is 4.50. The zero-order valence-electron chi connectivity index (χ0n) is 41.6. The van der Waals surface area contributed by atoms with E-state index in [1.54, 1.807) is 6.20 Å². The average molecular weight is 994 g/mol. The number of carbonyl (C=O) groups is 7. The van der Waals surface area contributed by atoms with Gasteiger partial charge in [0.25, 0.3) is 0 Å². The zero-order chi connectivity index (χ0) is 51.4. The summed E-state index contributed by atoms with van der Waals surface area (Å²) in [5.41, 5.74) is 8.49. The van der Waals surface area contributed by atoms with E-state index in [9.17, 15) is 33.6 Å². The Balaban J connectivity index is 1.23. The first-order chi connectivity index (χ1) is 35.5. The van der Waals surface area contributed by atoms with Crippen LogP contribution in [0.25, 0.3) is 10.9 Å². The van der Waals surface area contributed by atoms with Crippen LogP contribution in [0.4, 0.5) is 0 Å². The molecule has 73 heavy (non-hydrogen) atoms. The molecule has 16 heteroatoms. The minimum absolute atomic E-state index is 0.00856. The first-order valence-corrected chi connectivity index (χ1v) is 26.0. The summed E-state index contributed by atoms with van der Waals surface area (Å²) in [6.07, 6.45) is 8.11. The SMILES string of the molecule is NCCCC[C@@H]1NC(=O)[C@@H](Cc2c[nH]c3ccccc23)NC(=O)[C@H](Cc2ccccc2)NC(=O)[C@H](Cc2ccccc2)NC(=O)CCCCCCNC(=O)[C@H](Cc2ccccc2)NC(=O)C2(CCCC2)NC1=O. The van der Waals surface area contributed by atoms with Crippen LogP contribution in [0.1, 0.15) is 99.3 Å². The number of amides is 7. The van der Waals surface area contributed by atoms with E-state index in [2.05, 4.69) is 42.2 Å². The van der Waals surface area contributed by atoms with Crippen LogP contribution in [0, 0.1) is 0 Å². The molecule has 7 amide bonds. The van der Waals surface area contributed by atoms with Crippen LogP contribution in [0.5, 0.6) is 0 Å². The molecule has 7 rings (SSSR count). The lowest BCUT2D eigenvalue weighted by atomic mass is 9.93. The molecule has 4 aromatic carbocycles. The summed E-state index contributed by atoms with van der Waals surface area (Å²) in [7, 11) is 0. The number of para-hydroxylation sites is 1. The number of H-pyrrole nitrogens is 1. The lowest BCUT2D eigenvalue weighted by molar-refractivity contribution is -0.138. The van der Waals surface area contributed by atoms with Crippen molar-refractivity contribution in [3.05, 3.63) is 144 Å². The van der Waals surface area contributed by atoms with Crippen molar-refractivity contribution in [1.29, 1.82) is 0 Å². The third-order valence-corrected chi connectivity index (χ3v) is 14.0. The maximum Gasteiger partial charge on any atom is 0.246 e. The molecule has 0 bridgehead atoms. The summed E-state index contributed by atoms with van der Waals surface area (Å²) < 4.78 is 0. The van der Waals surface area contributed by atoms with Gasteiger partial charge in [-0.1, -0.05) is 135 Å². The Morgan fingerprint density at radius 3 is 1.58 bits per heavy atom. The summed E-state index contributed by atoms with van der Waals surface area (Å²) in [4.78, 5) is 104. The zero-order valence-corrected chi connectivity index (χ0v) is 41.6. The second-order valence-electron chi connectivity index (χ2n) is 19.5. The lowest BCUT2D eigenvalue weighted by Gasteiger charge is -2.33. The number of fused-ring (bicyclic) bond motifs is 1. The quantitative estimate of drug-likeness (QED) is 0.0804. The van der Waals surface area contributed by atoms with Crippen molar-refractivity contribution in [1.82, 2.24) is 42.2 Å². The van der Waals surface area contributed by atoms with Crippen LogP contribution in [0.2, 0.25) is 0 Å². The first kappa shape index (κ1) is 53.5. The Hall–Kier alpha value is -7.33. The second kappa shape index (κ2) is 26.9. The van der Waals surface area contributed by atoms with Gasteiger partial charge in [-0.15, -0.1) is 0 Å². The van der Waals surface area contributed by atoms with Crippen LogP contribution >= 0.6 is 0 Å². The van der Waals surface area contributed by atoms with E-state index >= 15 is 0 Å². The Kier molecular flexibility index (Phi) is 19.7. The van der Waals surface area contributed by atoms with Gasteiger partial charge in [0.05, 0.1) is 0 Å². The largest absolute Gasteiger partial charge is 0.361 e. The summed E-state index contributed by atoms with van der Waals surface area (Å²) >= 11 is 0. The standard InChI is InChI=1S/C57H71N9O7/c58-32-18-15-28-45-55(72)66-57(30-16-17-31-57)56(73)65-46(34-39-20-6-3-7-21-39)51(68)59-33-19-2-1-12-29-50(67)61-47(35-40-22-8-4-9-23-40)52(69)63-48(36-41-24-10-5-11-25-41)53(70)64-49(54(71)62-45)37-42-38-60-44-27-14-13-26-43(42)44/h3-11,13-14,20-27,38,45-49,60H,1-2,12,15-19,28-37,58H2,(H,59,68)(H,61,67)(H,62,71)(H,63,69)(H,64,70)(H,65,73)(H,66,72)/t45-,46-,47-,48-,49+/m0/s1. The van der Waals surface area contributed by atoms with Gasteiger partial charge >= 0.3 is 0 Å². The van der Waals surface area contributed by atoms with Gasteiger partial charge in [0.1, 0.15) is 35.7 Å². The number of carbonyl (C=O) groups excluding carboxylic acids is 7. The van der Waals surface area contributed by atoms with Crippen molar-refractivity contribution >= 4 is 52.3 Å². The number of rotatable bonds is 12. The fraction of sp³-hybridized carbons (Fsp3) is 0.421. The molecule has 0 unspecified atom stereocenters. The summed E-state index contributed by atoms with van der Waals surface area (Å²) in [5, 5.41) is 21.7. The monoisotopic (exact) mass is 994 g/mol. The molecule has 1 saturated carbocycles. The maximum absolute atomic E-state index is 14.9. The topological polar surface area (TPSA) is 246 Å². The molecule has 0 radical (unpaired) electrons.